The first-order valence-corrected chi connectivity index (χ1v) is 7.06. The number of esters is 2. The summed E-state index contributed by atoms with van der Waals surface area (Å²) in [5, 5.41) is 0. The van der Waals surface area contributed by atoms with Crippen molar-refractivity contribution in [2.45, 2.75) is 39.7 Å². The summed E-state index contributed by atoms with van der Waals surface area (Å²) in [6, 6.07) is 0. The lowest BCUT2D eigenvalue weighted by molar-refractivity contribution is -0.187. The fraction of sp³-hybridized carbons (Fsp3) is 0.571. The minimum Gasteiger partial charge on any atom is -0.465 e. The molecule has 1 N–H and O–H groups in total. The fourth-order valence-electron chi connectivity index (χ4n) is 2.33. The van der Waals surface area contributed by atoms with E-state index in [4.69, 9.17) is 14.2 Å². The summed E-state index contributed by atoms with van der Waals surface area (Å²) in [4.78, 5) is 47.6. The number of nitrogens with zero attached hydrogens (tertiary/aromatic N) is 1. The minimum atomic E-state index is -0.934. The SMILES string of the molecule is CC(=O)OC[C@H]1C[C@@H](n2cc(C)c(=O)[nH]c2=O)O[C@@H]1OC(C)=O. The van der Waals surface area contributed by atoms with E-state index in [0.717, 1.165) is 0 Å². The van der Waals surface area contributed by atoms with E-state index in [1.807, 2.05) is 0 Å². The molecule has 9 heteroatoms. The van der Waals surface area contributed by atoms with Crippen LogP contribution in [0.25, 0.3) is 0 Å². The highest BCUT2D eigenvalue weighted by Gasteiger charge is 2.39. The maximum Gasteiger partial charge on any atom is 0.330 e. The number of carbonyl (C=O) groups excluding carboxylic acids is 2. The van der Waals surface area contributed by atoms with Gasteiger partial charge >= 0.3 is 17.6 Å². The van der Waals surface area contributed by atoms with Crippen LogP contribution in [0.3, 0.4) is 0 Å². The Morgan fingerprint density at radius 1 is 1.35 bits per heavy atom. The third-order valence-electron chi connectivity index (χ3n) is 3.42. The molecule has 0 spiro atoms. The molecular formula is C14H18N2O7. The maximum atomic E-state index is 11.9. The summed E-state index contributed by atoms with van der Waals surface area (Å²) in [5.41, 5.74) is -0.752. The lowest BCUT2D eigenvalue weighted by Gasteiger charge is -2.17. The molecule has 126 valence electrons. The van der Waals surface area contributed by atoms with Crippen molar-refractivity contribution in [2.75, 3.05) is 6.61 Å². The zero-order valence-corrected chi connectivity index (χ0v) is 13.0. The van der Waals surface area contributed by atoms with Crippen molar-refractivity contribution >= 4 is 11.9 Å². The molecule has 1 fully saturated rings. The predicted molar refractivity (Wildman–Crippen MR) is 76.5 cm³/mol. The van der Waals surface area contributed by atoms with E-state index in [-0.39, 0.29) is 13.0 Å². The Kier molecular flexibility index (Phi) is 4.99. The zero-order valence-electron chi connectivity index (χ0n) is 13.0. The number of nitrogens with one attached hydrogen (secondary N) is 1. The highest BCUT2D eigenvalue weighted by molar-refractivity contribution is 5.66. The van der Waals surface area contributed by atoms with Gasteiger partial charge in [-0.2, -0.15) is 0 Å². The summed E-state index contributed by atoms with van der Waals surface area (Å²) in [6.45, 7) is 4.06. The molecule has 1 saturated heterocycles. The van der Waals surface area contributed by atoms with Crippen LogP contribution in [0, 0.1) is 12.8 Å². The smallest absolute Gasteiger partial charge is 0.330 e. The summed E-state index contributed by atoms with van der Waals surface area (Å²) >= 11 is 0. The number of rotatable bonds is 4. The van der Waals surface area contributed by atoms with Gasteiger partial charge in [-0.05, 0) is 6.92 Å². The molecular weight excluding hydrogens is 308 g/mol. The van der Waals surface area contributed by atoms with Gasteiger partial charge in [-0.25, -0.2) is 4.79 Å². The van der Waals surface area contributed by atoms with E-state index in [1.54, 1.807) is 6.92 Å². The van der Waals surface area contributed by atoms with E-state index in [2.05, 4.69) is 4.98 Å². The van der Waals surface area contributed by atoms with Crippen LogP contribution in [0.2, 0.25) is 0 Å². The van der Waals surface area contributed by atoms with Gasteiger partial charge in [0.25, 0.3) is 5.56 Å². The van der Waals surface area contributed by atoms with Gasteiger partial charge in [-0.3, -0.25) is 23.9 Å². The topological polar surface area (TPSA) is 117 Å². The number of hydrogen-bond acceptors (Lipinski definition) is 7. The zero-order chi connectivity index (χ0) is 17.1. The fourth-order valence-corrected chi connectivity index (χ4v) is 2.33. The van der Waals surface area contributed by atoms with Gasteiger partial charge in [0.1, 0.15) is 12.8 Å². The van der Waals surface area contributed by atoms with Gasteiger partial charge in [0.05, 0.1) is 5.92 Å². The minimum absolute atomic E-state index is 0.000859. The monoisotopic (exact) mass is 326 g/mol. The van der Waals surface area contributed by atoms with Crippen LogP contribution in [0.5, 0.6) is 0 Å². The Morgan fingerprint density at radius 2 is 2.04 bits per heavy atom. The molecule has 2 heterocycles. The summed E-state index contributed by atoms with van der Waals surface area (Å²) in [5.74, 6) is -1.42. The average molecular weight is 326 g/mol. The molecule has 0 radical (unpaired) electrons. The Morgan fingerprint density at radius 3 is 2.65 bits per heavy atom. The number of aromatic nitrogens is 2. The molecule has 0 saturated carbocycles. The molecule has 0 amide bonds. The lowest BCUT2D eigenvalue weighted by atomic mass is 10.1. The Balaban J connectivity index is 2.23. The van der Waals surface area contributed by atoms with Crippen molar-refractivity contribution in [3.63, 3.8) is 0 Å². The van der Waals surface area contributed by atoms with Gasteiger partial charge in [0.2, 0.25) is 6.29 Å². The van der Waals surface area contributed by atoms with Crippen LogP contribution in [-0.4, -0.2) is 34.4 Å². The molecule has 1 aromatic rings. The molecule has 3 atom stereocenters. The molecule has 1 aliphatic rings. The van der Waals surface area contributed by atoms with Crippen molar-refractivity contribution in [1.29, 1.82) is 0 Å². The maximum absolute atomic E-state index is 11.9. The largest absolute Gasteiger partial charge is 0.465 e. The number of ether oxygens (including phenoxy) is 3. The third kappa shape index (κ3) is 4.07. The number of hydrogen-bond donors (Lipinski definition) is 1. The molecule has 0 aromatic carbocycles. The summed E-state index contributed by atoms with van der Waals surface area (Å²) in [6.07, 6.45) is 0.000497. The quantitative estimate of drug-likeness (QED) is 0.764. The first kappa shape index (κ1) is 16.9. The number of aromatic amines is 1. The normalized spacial score (nSPS) is 23.5. The third-order valence-corrected chi connectivity index (χ3v) is 3.42. The predicted octanol–water partition coefficient (Wildman–Crippen LogP) is -0.168. The Hall–Kier alpha value is -2.42. The van der Waals surface area contributed by atoms with Crippen molar-refractivity contribution in [3.8, 4) is 0 Å². The molecule has 0 aliphatic carbocycles. The standard InChI is InChI=1S/C14H18N2O7/c1-7-5-16(14(20)15-12(7)19)11-4-10(6-21-8(2)17)13(23-11)22-9(3)18/h5,10-11,13H,4,6H2,1-3H3,(H,15,19,20)/t10-,11+,13+/m1/s1. The summed E-state index contributed by atoms with van der Waals surface area (Å²) in [7, 11) is 0. The van der Waals surface area contributed by atoms with Gasteiger partial charge in [-0.1, -0.05) is 0 Å². The van der Waals surface area contributed by atoms with Crippen molar-refractivity contribution in [3.05, 3.63) is 32.6 Å². The molecule has 23 heavy (non-hydrogen) atoms. The first-order chi connectivity index (χ1) is 10.8. The molecule has 1 aromatic heterocycles. The van der Waals surface area contributed by atoms with E-state index in [1.165, 1.54) is 24.6 Å². The average Bonchev–Trinajstić information content (AvgIpc) is 2.82. The van der Waals surface area contributed by atoms with Gasteiger partial charge in [0, 0.05) is 32.0 Å². The summed E-state index contributed by atoms with van der Waals surface area (Å²) < 4.78 is 16.8. The van der Waals surface area contributed by atoms with Gasteiger partial charge in [0.15, 0.2) is 0 Å². The van der Waals surface area contributed by atoms with E-state index in [0.29, 0.717) is 5.56 Å². The highest BCUT2D eigenvalue weighted by atomic mass is 16.7. The van der Waals surface area contributed by atoms with Crippen molar-refractivity contribution < 1.29 is 23.8 Å². The molecule has 2 rings (SSSR count). The van der Waals surface area contributed by atoms with Gasteiger partial charge < -0.3 is 14.2 Å². The molecule has 0 unspecified atom stereocenters. The highest BCUT2D eigenvalue weighted by Crippen LogP contribution is 2.33. The van der Waals surface area contributed by atoms with Gasteiger partial charge in [-0.15, -0.1) is 0 Å². The van der Waals surface area contributed by atoms with Crippen LogP contribution in [-0.2, 0) is 23.8 Å². The number of aryl methyl sites for hydroxylation is 1. The number of H-pyrrole nitrogens is 1. The van der Waals surface area contributed by atoms with Crippen LogP contribution >= 0.6 is 0 Å². The number of carbonyl (C=O) groups is 2. The molecule has 9 nitrogen and oxygen atoms in total. The van der Waals surface area contributed by atoms with Crippen LogP contribution < -0.4 is 11.2 Å². The van der Waals surface area contributed by atoms with Crippen LogP contribution in [0.4, 0.5) is 0 Å². The van der Waals surface area contributed by atoms with Crippen LogP contribution in [0.15, 0.2) is 15.8 Å². The van der Waals surface area contributed by atoms with E-state index >= 15 is 0 Å². The lowest BCUT2D eigenvalue weighted by Crippen LogP contribution is -2.33. The van der Waals surface area contributed by atoms with E-state index < -0.39 is 41.6 Å². The van der Waals surface area contributed by atoms with Crippen molar-refractivity contribution in [1.82, 2.24) is 9.55 Å². The second kappa shape index (κ2) is 6.78. The second-order valence-corrected chi connectivity index (χ2v) is 5.35. The Labute approximate surface area is 131 Å². The Bertz CT molecular complexity index is 721. The van der Waals surface area contributed by atoms with E-state index in [9.17, 15) is 19.2 Å². The molecule has 0 bridgehead atoms. The first-order valence-electron chi connectivity index (χ1n) is 7.06. The van der Waals surface area contributed by atoms with Crippen molar-refractivity contribution in [2.24, 2.45) is 5.92 Å². The second-order valence-electron chi connectivity index (χ2n) is 5.35. The molecule has 1 aliphatic heterocycles. The van der Waals surface area contributed by atoms with Crippen LogP contribution in [0.1, 0.15) is 32.1 Å².